The molecule has 0 unspecified atom stereocenters. The van der Waals surface area contributed by atoms with Gasteiger partial charge in [-0.15, -0.1) is 0 Å². The van der Waals surface area contributed by atoms with E-state index in [1.807, 2.05) is 0 Å². The van der Waals surface area contributed by atoms with Gasteiger partial charge < -0.3 is 9.72 Å². The molecule has 6 nitrogen and oxygen atoms in total. The summed E-state index contributed by atoms with van der Waals surface area (Å²) in [5.74, 6) is 0.359. The highest BCUT2D eigenvalue weighted by Crippen LogP contribution is 2.36. The van der Waals surface area contributed by atoms with Gasteiger partial charge >= 0.3 is 0 Å². The number of nitrogens with zero attached hydrogens (tertiary/aromatic N) is 1. The van der Waals surface area contributed by atoms with E-state index in [9.17, 15) is 14.9 Å². The second kappa shape index (κ2) is 5.75. The Bertz CT molecular complexity index is 712. The average molecular weight is 295 g/mol. The van der Waals surface area contributed by atoms with Crippen LogP contribution in [0.25, 0.3) is 11.1 Å². The molecular formula is C13H11ClN2O4. The molecule has 0 bridgehead atoms. The molecule has 0 amide bonds. The van der Waals surface area contributed by atoms with Crippen LogP contribution in [0.1, 0.15) is 6.92 Å². The fourth-order valence-corrected chi connectivity index (χ4v) is 2.00. The maximum atomic E-state index is 11.5. The van der Waals surface area contributed by atoms with E-state index >= 15 is 0 Å². The minimum Gasteiger partial charge on any atom is -0.492 e. The van der Waals surface area contributed by atoms with Gasteiger partial charge in [-0.05, 0) is 19.1 Å². The average Bonchev–Trinajstić information content (AvgIpc) is 2.40. The van der Waals surface area contributed by atoms with Crippen LogP contribution in [0.5, 0.6) is 5.75 Å². The zero-order valence-corrected chi connectivity index (χ0v) is 11.3. The molecule has 2 aromatic rings. The highest BCUT2D eigenvalue weighted by molar-refractivity contribution is 6.31. The minimum absolute atomic E-state index is 0.138. The van der Waals surface area contributed by atoms with Crippen LogP contribution in [0.2, 0.25) is 5.02 Å². The number of benzene rings is 1. The molecule has 0 aliphatic rings. The summed E-state index contributed by atoms with van der Waals surface area (Å²) >= 11 is 5.89. The van der Waals surface area contributed by atoms with E-state index in [1.54, 1.807) is 6.92 Å². The lowest BCUT2D eigenvalue weighted by Gasteiger charge is -2.10. The topological polar surface area (TPSA) is 85.2 Å². The monoisotopic (exact) mass is 294 g/mol. The zero-order valence-electron chi connectivity index (χ0n) is 10.6. The van der Waals surface area contributed by atoms with E-state index in [1.165, 1.54) is 30.5 Å². The summed E-state index contributed by atoms with van der Waals surface area (Å²) in [5.41, 5.74) is 0.0699. The van der Waals surface area contributed by atoms with Crippen molar-refractivity contribution in [3.8, 4) is 16.9 Å². The Labute approximate surface area is 119 Å². The van der Waals surface area contributed by atoms with E-state index in [0.717, 1.165) is 0 Å². The summed E-state index contributed by atoms with van der Waals surface area (Å²) in [6.07, 6.45) is 1.38. The molecule has 1 heterocycles. The number of H-pyrrole nitrogens is 1. The fraction of sp³-hybridized carbons (Fsp3) is 0.154. The highest BCUT2D eigenvalue weighted by Gasteiger charge is 2.19. The smallest absolute Gasteiger partial charge is 0.277 e. The van der Waals surface area contributed by atoms with Crippen molar-refractivity contribution < 1.29 is 9.66 Å². The summed E-state index contributed by atoms with van der Waals surface area (Å²) in [5, 5.41) is 11.4. The highest BCUT2D eigenvalue weighted by atomic mass is 35.5. The number of pyridine rings is 1. The van der Waals surface area contributed by atoms with Crippen LogP contribution in [-0.4, -0.2) is 16.5 Å². The molecule has 104 valence electrons. The Hall–Kier alpha value is -2.34. The van der Waals surface area contributed by atoms with Crippen LogP contribution >= 0.6 is 11.6 Å². The Morgan fingerprint density at radius 1 is 1.35 bits per heavy atom. The van der Waals surface area contributed by atoms with Gasteiger partial charge in [0.1, 0.15) is 5.75 Å². The number of hydrogen-bond acceptors (Lipinski definition) is 4. The molecule has 0 atom stereocenters. The lowest BCUT2D eigenvalue weighted by Crippen LogP contribution is -2.06. The third kappa shape index (κ3) is 2.80. The second-order valence-corrected chi connectivity index (χ2v) is 4.36. The Morgan fingerprint density at radius 3 is 2.75 bits per heavy atom. The van der Waals surface area contributed by atoms with Crippen molar-refractivity contribution in [2.24, 2.45) is 0 Å². The number of nitrogens with one attached hydrogen (secondary N) is 1. The molecule has 1 aromatic carbocycles. The first-order valence-corrected chi connectivity index (χ1v) is 6.20. The number of aromatic amines is 1. The number of halogens is 1. The second-order valence-electron chi connectivity index (χ2n) is 3.93. The molecule has 0 spiro atoms. The van der Waals surface area contributed by atoms with Crippen molar-refractivity contribution in [3.63, 3.8) is 0 Å². The third-order valence-corrected chi connectivity index (χ3v) is 2.87. The van der Waals surface area contributed by atoms with Gasteiger partial charge in [-0.25, -0.2) is 0 Å². The van der Waals surface area contributed by atoms with Crippen molar-refractivity contribution >= 4 is 17.3 Å². The first kappa shape index (κ1) is 14.1. The van der Waals surface area contributed by atoms with Gasteiger partial charge in [-0.3, -0.25) is 14.9 Å². The summed E-state index contributed by atoms with van der Waals surface area (Å²) < 4.78 is 5.39. The Morgan fingerprint density at radius 2 is 2.10 bits per heavy atom. The molecule has 7 heteroatoms. The summed E-state index contributed by atoms with van der Waals surface area (Å²) in [6.45, 7) is 2.15. The molecular weight excluding hydrogens is 284 g/mol. The van der Waals surface area contributed by atoms with Gasteiger partial charge in [0.25, 0.3) is 5.69 Å². The SMILES string of the molecule is CCOc1c[nH]c(=O)cc1-c1cc(Cl)ccc1[N+](=O)[O-]. The third-order valence-electron chi connectivity index (χ3n) is 2.63. The molecule has 0 aliphatic carbocycles. The molecule has 20 heavy (non-hydrogen) atoms. The molecule has 2 rings (SSSR count). The van der Waals surface area contributed by atoms with Crippen molar-refractivity contribution in [3.05, 3.63) is 56.0 Å². The van der Waals surface area contributed by atoms with Crippen molar-refractivity contribution in [2.45, 2.75) is 6.92 Å². The lowest BCUT2D eigenvalue weighted by molar-refractivity contribution is -0.384. The van der Waals surface area contributed by atoms with Crippen LogP contribution in [-0.2, 0) is 0 Å². The largest absolute Gasteiger partial charge is 0.492 e. The van der Waals surface area contributed by atoms with E-state index in [4.69, 9.17) is 16.3 Å². The summed E-state index contributed by atoms with van der Waals surface area (Å²) in [7, 11) is 0. The van der Waals surface area contributed by atoms with Gasteiger partial charge in [-0.2, -0.15) is 0 Å². The number of nitro benzene ring substituents is 1. The van der Waals surface area contributed by atoms with Gasteiger partial charge in [0.15, 0.2) is 0 Å². The predicted octanol–water partition coefficient (Wildman–Crippen LogP) is 3.00. The van der Waals surface area contributed by atoms with Crippen molar-refractivity contribution in [1.82, 2.24) is 4.98 Å². The van der Waals surface area contributed by atoms with Crippen LogP contribution in [0, 0.1) is 10.1 Å². The quantitative estimate of drug-likeness (QED) is 0.694. The Balaban J connectivity index is 2.72. The normalized spacial score (nSPS) is 10.3. The van der Waals surface area contributed by atoms with Crippen molar-refractivity contribution in [2.75, 3.05) is 6.61 Å². The minimum atomic E-state index is -0.525. The fourth-order valence-electron chi connectivity index (χ4n) is 1.83. The molecule has 0 saturated heterocycles. The molecule has 0 saturated carbocycles. The summed E-state index contributed by atoms with van der Waals surface area (Å²) in [4.78, 5) is 24.5. The van der Waals surface area contributed by atoms with E-state index in [0.29, 0.717) is 22.9 Å². The molecule has 0 radical (unpaired) electrons. The van der Waals surface area contributed by atoms with Crippen LogP contribution < -0.4 is 10.3 Å². The van der Waals surface area contributed by atoms with Crippen LogP contribution in [0.15, 0.2) is 35.3 Å². The molecule has 1 aromatic heterocycles. The number of nitro groups is 1. The number of hydrogen-bond donors (Lipinski definition) is 1. The van der Waals surface area contributed by atoms with E-state index in [2.05, 4.69) is 4.98 Å². The van der Waals surface area contributed by atoms with Crippen molar-refractivity contribution in [1.29, 1.82) is 0 Å². The maximum absolute atomic E-state index is 11.5. The van der Waals surface area contributed by atoms with Gasteiger partial charge in [0.2, 0.25) is 5.56 Å². The summed E-state index contributed by atoms with van der Waals surface area (Å²) in [6, 6.07) is 5.42. The van der Waals surface area contributed by atoms with Gasteiger partial charge in [0, 0.05) is 28.9 Å². The molecule has 0 aliphatic heterocycles. The van der Waals surface area contributed by atoms with Gasteiger partial charge in [-0.1, -0.05) is 11.6 Å². The predicted molar refractivity (Wildman–Crippen MR) is 75.3 cm³/mol. The number of aromatic nitrogens is 1. The standard InChI is InChI=1S/C13H11ClN2O4/c1-2-20-12-7-15-13(17)6-10(12)9-5-8(14)3-4-11(9)16(18)19/h3-7H,2H2,1H3,(H,15,17). The molecule has 1 N–H and O–H groups in total. The van der Waals surface area contributed by atoms with Crippen LogP contribution in [0.3, 0.4) is 0 Å². The molecule has 0 fully saturated rings. The first-order valence-electron chi connectivity index (χ1n) is 5.82. The zero-order chi connectivity index (χ0) is 14.7. The van der Waals surface area contributed by atoms with E-state index in [-0.39, 0.29) is 16.8 Å². The van der Waals surface area contributed by atoms with Gasteiger partial charge in [0.05, 0.1) is 17.1 Å². The first-order chi connectivity index (χ1) is 9.52. The number of ether oxygens (including phenoxy) is 1. The van der Waals surface area contributed by atoms with E-state index < -0.39 is 4.92 Å². The Kier molecular flexibility index (Phi) is 4.05. The maximum Gasteiger partial charge on any atom is 0.277 e. The number of rotatable bonds is 4. The lowest BCUT2D eigenvalue weighted by atomic mass is 10.0. The van der Waals surface area contributed by atoms with Crippen LogP contribution in [0.4, 0.5) is 5.69 Å².